The molecule has 0 aromatic carbocycles. The van der Waals surface area contributed by atoms with Gasteiger partial charge in [-0.3, -0.25) is 4.99 Å². The average Bonchev–Trinajstić information content (AvgIpc) is 2.60. The Morgan fingerprint density at radius 3 is 2.93 bits per heavy atom. The second kappa shape index (κ2) is 6.12. The molecule has 84 valence electrons. The molecule has 1 aromatic heterocycles. The maximum atomic E-state index is 5.83. The zero-order chi connectivity index (χ0) is 11.3. The van der Waals surface area contributed by atoms with Crippen LogP contribution < -0.4 is 5.73 Å². The molecule has 0 atom stereocenters. The summed E-state index contributed by atoms with van der Waals surface area (Å²) in [5.74, 6) is 0.610. The third-order valence-corrected chi connectivity index (χ3v) is 3.48. The fourth-order valence-electron chi connectivity index (χ4n) is 1.13. The molecule has 1 aromatic rings. The Kier molecular flexibility index (Phi) is 5.11. The van der Waals surface area contributed by atoms with Crippen LogP contribution in [0.2, 0.25) is 0 Å². The van der Waals surface area contributed by atoms with Gasteiger partial charge < -0.3 is 10.6 Å². The van der Waals surface area contributed by atoms with Crippen LogP contribution in [0.3, 0.4) is 0 Å². The van der Waals surface area contributed by atoms with E-state index >= 15 is 0 Å². The average molecular weight is 290 g/mol. The van der Waals surface area contributed by atoms with Gasteiger partial charge in [-0.2, -0.15) is 0 Å². The molecule has 0 amide bonds. The van der Waals surface area contributed by atoms with Crippen LogP contribution >= 0.6 is 27.3 Å². The van der Waals surface area contributed by atoms with Crippen molar-refractivity contribution in [3.63, 3.8) is 0 Å². The zero-order valence-corrected chi connectivity index (χ0v) is 11.4. The molecule has 0 unspecified atom stereocenters. The first-order valence-electron chi connectivity index (χ1n) is 4.87. The Labute approximate surface area is 103 Å². The quantitative estimate of drug-likeness (QED) is 0.684. The molecule has 0 aliphatic rings. The minimum Gasteiger partial charge on any atom is -0.370 e. The molecule has 5 heteroatoms. The minimum absolute atomic E-state index is 0.610. The Bertz CT molecular complexity index is 335. The number of thiophene rings is 1. The van der Waals surface area contributed by atoms with Crippen molar-refractivity contribution in [3.05, 3.63) is 20.8 Å². The molecule has 0 saturated heterocycles. The molecule has 2 N–H and O–H groups in total. The normalized spacial score (nSPS) is 11.8. The molecule has 0 spiro atoms. The van der Waals surface area contributed by atoms with E-state index in [9.17, 15) is 0 Å². The largest absolute Gasteiger partial charge is 0.370 e. The molecular weight excluding hydrogens is 274 g/mol. The summed E-state index contributed by atoms with van der Waals surface area (Å²) < 4.78 is 1.15. The lowest BCUT2D eigenvalue weighted by atomic mass is 10.3. The maximum Gasteiger partial charge on any atom is 0.191 e. The third-order valence-electron chi connectivity index (χ3n) is 1.93. The van der Waals surface area contributed by atoms with Crippen molar-refractivity contribution >= 4 is 33.2 Å². The monoisotopic (exact) mass is 289 g/mol. The molecule has 0 aliphatic heterocycles. The Balaban J connectivity index is 2.51. The summed E-state index contributed by atoms with van der Waals surface area (Å²) in [6.45, 7) is 3.69. The molecule has 1 rings (SSSR count). The van der Waals surface area contributed by atoms with E-state index in [4.69, 9.17) is 5.73 Å². The van der Waals surface area contributed by atoms with E-state index in [0.717, 1.165) is 23.3 Å². The Morgan fingerprint density at radius 1 is 1.67 bits per heavy atom. The van der Waals surface area contributed by atoms with Crippen LogP contribution in [0.1, 0.15) is 18.9 Å². The van der Waals surface area contributed by atoms with Crippen molar-refractivity contribution in [2.45, 2.75) is 19.9 Å². The van der Waals surface area contributed by atoms with E-state index in [0.29, 0.717) is 5.96 Å². The Hall–Kier alpha value is -0.550. The Morgan fingerprint density at radius 2 is 2.40 bits per heavy atom. The van der Waals surface area contributed by atoms with Crippen molar-refractivity contribution in [1.29, 1.82) is 0 Å². The number of nitrogens with two attached hydrogens (primary N) is 1. The van der Waals surface area contributed by atoms with Gasteiger partial charge in [0.25, 0.3) is 0 Å². The lowest BCUT2D eigenvalue weighted by Crippen LogP contribution is -2.33. The van der Waals surface area contributed by atoms with E-state index in [1.165, 1.54) is 5.56 Å². The topological polar surface area (TPSA) is 41.6 Å². The summed E-state index contributed by atoms with van der Waals surface area (Å²) in [5, 5.41) is 2.12. The van der Waals surface area contributed by atoms with Crippen LogP contribution in [0.5, 0.6) is 0 Å². The lowest BCUT2D eigenvalue weighted by Gasteiger charge is -2.17. The second-order valence-electron chi connectivity index (χ2n) is 3.36. The molecular formula is C10H16BrN3S. The van der Waals surface area contributed by atoms with Crippen molar-refractivity contribution in [2.75, 3.05) is 13.6 Å². The first-order chi connectivity index (χ1) is 7.13. The highest BCUT2D eigenvalue weighted by molar-refractivity contribution is 9.11. The first kappa shape index (κ1) is 12.5. The third kappa shape index (κ3) is 4.22. The predicted molar refractivity (Wildman–Crippen MR) is 70.3 cm³/mol. The van der Waals surface area contributed by atoms with Crippen molar-refractivity contribution in [2.24, 2.45) is 10.7 Å². The summed E-state index contributed by atoms with van der Waals surface area (Å²) >= 11 is 5.12. The summed E-state index contributed by atoms with van der Waals surface area (Å²) in [5.41, 5.74) is 7.08. The molecule has 0 saturated carbocycles. The fraction of sp³-hybridized carbons (Fsp3) is 0.500. The number of aliphatic imine (C=N–C) groups is 1. The van der Waals surface area contributed by atoms with Crippen molar-refractivity contribution in [3.8, 4) is 0 Å². The van der Waals surface area contributed by atoms with Gasteiger partial charge in [0.1, 0.15) is 0 Å². The summed E-state index contributed by atoms with van der Waals surface area (Å²) in [6, 6.07) is 2.11. The number of hydrogen-bond acceptors (Lipinski definition) is 2. The van der Waals surface area contributed by atoms with Gasteiger partial charge in [-0.05, 0) is 39.4 Å². The SMILES string of the molecule is CCCN=C(N)N(C)Cc1csc(Br)c1. The van der Waals surface area contributed by atoms with E-state index < -0.39 is 0 Å². The van der Waals surface area contributed by atoms with Crippen LogP contribution in [0.4, 0.5) is 0 Å². The van der Waals surface area contributed by atoms with Crippen LogP contribution in [0.25, 0.3) is 0 Å². The number of rotatable bonds is 4. The lowest BCUT2D eigenvalue weighted by molar-refractivity contribution is 0.492. The van der Waals surface area contributed by atoms with E-state index in [1.807, 2.05) is 11.9 Å². The second-order valence-corrected chi connectivity index (χ2v) is 5.65. The molecule has 3 nitrogen and oxygen atoms in total. The molecule has 1 heterocycles. The van der Waals surface area contributed by atoms with Gasteiger partial charge in [-0.25, -0.2) is 0 Å². The highest BCUT2D eigenvalue weighted by Gasteiger charge is 2.04. The smallest absolute Gasteiger partial charge is 0.191 e. The molecule has 0 radical (unpaired) electrons. The van der Waals surface area contributed by atoms with Crippen LogP contribution in [-0.4, -0.2) is 24.5 Å². The van der Waals surface area contributed by atoms with Gasteiger partial charge >= 0.3 is 0 Å². The number of nitrogens with zero attached hydrogens (tertiary/aromatic N) is 2. The zero-order valence-electron chi connectivity index (χ0n) is 9.03. The van der Waals surface area contributed by atoms with E-state index in [2.05, 4.69) is 39.3 Å². The van der Waals surface area contributed by atoms with Gasteiger partial charge in [0, 0.05) is 20.1 Å². The first-order valence-corrected chi connectivity index (χ1v) is 6.54. The van der Waals surface area contributed by atoms with Gasteiger partial charge in [-0.1, -0.05) is 6.92 Å². The highest BCUT2D eigenvalue weighted by Crippen LogP contribution is 2.21. The number of guanidine groups is 1. The number of halogens is 1. The van der Waals surface area contributed by atoms with E-state index in [1.54, 1.807) is 11.3 Å². The van der Waals surface area contributed by atoms with Crippen LogP contribution in [0, 0.1) is 0 Å². The standard InChI is InChI=1S/C10H16BrN3S/c1-3-4-13-10(12)14(2)6-8-5-9(11)15-7-8/h5,7H,3-4,6H2,1-2H3,(H2,12,13). The molecule has 0 bridgehead atoms. The minimum atomic E-state index is 0.610. The van der Waals surface area contributed by atoms with Gasteiger partial charge in [0.2, 0.25) is 0 Å². The van der Waals surface area contributed by atoms with Crippen molar-refractivity contribution < 1.29 is 0 Å². The maximum absolute atomic E-state index is 5.83. The highest BCUT2D eigenvalue weighted by atomic mass is 79.9. The molecule has 15 heavy (non-hydrogen) atoms. The molecule has 0 aliphatic carbocycles. The predicted octanol–water partition coefficient (Wildman–Crippen LogP) is 2.67. The fourth-order valence-corrected chi connectivity index (χ4v) is 2.33. The van der Waals surface area contributed by atoms with Crippen LogP contribution in [-0.2, 0) is 6.54 Å². The summed E-state index contributed by atoms with van der Waals surface area (Å²) in [4.78, 5) is 6.22. The molecule has 0 fully saturated rings. The van der Waals surface area contributed by atoms with Gasteiger partial charge in [-0.15, -0.1) is 11.3 Å². The van der Waals surface area contributed by atoms with Crippen LogP contribution in [0.15, 0.2) is 20.2 Å². The van der Waals surface area contributed by atoms with Crippen molar-refractivity contribution in [1.82, 2.24) is 4.90 Å². The summed E-state index contributed by atoms with van der Waals surface area (Å²) in [7, 11) is 1.96. The number of hydrogen-bond donors (Lipinski definition) is 1. The van der Waals surface area contributed by atoms with Gasteiger partial charge in [0.05, 0.1) is 3.79 Å². The summed E-state index contributed by atoms with van der Waals surface area (Å²) in [6.07, 6.45) is 1.03. The van der Waals surface area contributed by atoms with E-state index in [-0.39, 0.29) is 0 Å². The van der Waals surface area contributed by atoms with Gasteiger partial charge in [0.15, 0.2) is 5.96 Å².